The van der Waals surface area contributed by atoms with Gasteiger partial charge in [-0.3, -0.25) is 0 Å². The van der Waals surface area contributed by atoms with Gasteiger partial charge in [-0.15, -0.1) is 0 Å². The molecule has 108 valence electrons. The third-order valence-electron chi connectivity index (χ3n) is 2.31. The van der Waals surface area contributed by atoms with Crippen LogP contribution in [-0.4, -0.2) is 51.7 Å². The zero-order valence-electron chi connectivity index (χ0n) is 11.6. The number of nitrogens with two attached hydrogens (primary N) is 1. The van der Waals surface area contributed by atoms with Crippen LogP contribution in [0.5, 0.6) is 5.75 Å². The van der Waals surface area contributed by atoms with Gasteiger partial charge >= 0.3 is 0 Å². The molecule has 0 atom stereocenters. The molecule has 0 unspecified atom stereocenters. The molecule has 0 aromatic carbocycles. The van der Waals surface area contributed by atoms with E-state index < -0.39 is 0 Å². The van der Waals surface area contributed by atoms with E-state index in [0.29, 0.717) is 51.2 Å². The number of pyridine rings is 1. The molecule has 6 nitrogen and oxygen atoms in total. The molecule has 1 heterocycles. The maximum atomic E-state index is 5.72. The Labute approximate surface area is 113 Å². The predicted octanol–water partition coefficient (Wildman–Crippen LogP) is 1.03. The maximum Gasteiger partial charge on any atom is 0.166 e. The van der Waals surface area contributed by atoms with E-state index in [1.165, 1.54) is 0 Å². The van der Waals surface area contributed by atoms with Crippen molar-refractivity contribution in [3.05, 3.63) is 17.8 Å². The van der Waals surface area contributed by atoms with Crippen LogP contribution in [0.15, 0.2) is 12.1 Å². The minimum atomic E-state index is 0.405. The van der Waals surface area contributed by atoms with E-state index in [1.54, 1.807) is 7.11 Å². The lowest BCUT2D eigenvalue weighted by Gasteiger charge is -2.09. The van der Waals surface area contributed by atoms with Crippen LogP contribution >= 0.6 is 0 Å². The lowest BCUT2D eigenvalue weighted by molar-refractivity contribution is 0.0180. The Balaban J connectivity index is 2.01. The first kappa shape index (κ1) is 15.7. The van der Waals surface area contributed by atoms with Gasteiger partial charge in [0.15, 0.2) is 11.6 Å². The number of aryl methyl sites for hydroxylation is 1. The summed E-state index contributed by atoms with van der Waals surface area (Å²) >= 11 is 0. The van der Waals surface area contributed by atoms with Crippen molar-refractivity contribution >= 4 is 5.82 Å². The predicted molar refractivity (Wildman–Crippen MR) is 72.4 cm³/mol. The number of aromatic nitrogens is 1. The fourth-order valence-corrected chi connectivity index (χ4v) is 1.36. The maximum absolute atomic E-state index is 5.72. The Bertz CT molecular complexity index is 360. The fraction of sp³-hybridized carbons (Fsp3) is 0.615. The molecular weight excluding hydrogens is 248 g/mol. The Kier molecular flexibility index (Phi) is 7.88. The molecule has 6 heteroatoms. The zero-order valence-corrected chi connectivity index (χ0v) is 11.6. The number of nitrogen functional groups attached to an aromatic ring is 1. The van der Waals surface area contributed by atoms with Crippen molar-refractivity contribution in [1.82, 2.24) is 4.98 Å². The SMILES string of the molecule is COCCOCCOCCOc1ccc(C)nc1N. The largest absolute Gasteiger partial charge is 0.487 e. The summed E-state index contributed by atoms with van der Waals surface area (Å²) in [6.07, 6.45) is 0. The molecule has 0 radical (unpaired) electrons. The van der Waals surface area contributed by atoms with Crippen molar-refractivity contribution in [2.24, 2.45) is 0 Å². The molecule has 0 aliphatic rings. The van der Waals surface area contributed by atoms with Crippen molar-refractivity contribution in [3.8, 4) is 5.75 Å². The van der Waals surface area contributed by atoms with Crippen LogP contribution in [0.1, 0.15) is 5.69 Å². The lowest BCUT2D eigenvalue weighted by atomic mass is 10.3. The topological polar surface area (TPSA) is 75.8 Å². The Morgan fingerprint density at radius 1 is 1.00 bits per heavy atom. The number of anilines is 1. The first-order valence-corrected chi connectivity index (χ1v) is 6.24. The number of nitrogens with zero attached hydrogens (tertiary/aromatic N) is 1. The molecule has 0 amide bonds. The van der Waals surface area contributed by atoms with E-state index in [2.05, 4.69) is 4.98 Å². The quantitative estimate of drug-likeness (QED) is 0.640. The van der Waals surface area contributed by atoms with Gasteiger partial charge < -0.3 is 24.7 Å². The van der Waals surface area contributed by atoms with Crippen LogP contribution in [0.2, 0.25) is 0 Å². The van der Waals surface area contributed by atoms with Gasteiger partial charge in [0.2, 0.25) is 0 Å². The zero-order chi connectivity index (χ0) is 13.9. The summed E-state index contributed by atoms with van der Waals surface area (Å²) in [6, 6.07) is 3.67. The van der Waals surface area contributed by atoms with Crippen LogP contribution in [0.25, 0.3) is 0 Å². The van der Waals surface area contributed by atoms with E-state index in [-0.39, 0.29) is 0 Å². The summed E-state index contributed by atoms with van der Waals surface area (Å²) in [6.45, 7) is 5.08. The molecule has 0 spiro atoms. The van der Waals surface area contributed by atoms with Crippen molar-refractivity contribution in [2.45, 2.75) is 6.92 Å². The summed E-state index contributed by atoms with van der Waals surface area (Å²) < 4.78 is 20.9. The first-order chi connectivity index (χ1) is 9.24. The second-order valence-electron chi connectivity index (χ2n) is 3.90. The monoisotopic (exact) mass is 270 g/mol. The van der Waals surface area contributed by atoms with Crippen LogP contribution in [0.4, 0.5) is 5.82 Å². The van der Waals surface area contributed by atoms with Crippen molar-refractivity contribution in [2.75, 3.05) is 52.5 Å². The van der Waals surface area contributed by atoms with Crippen LogP contribution < -0.4 is 10.5 Å². The van der Waals surface area contributed by atoms with E-state index >= 15 is 0 Å². The number of methoxy groups -OCH3 is 1. The number of hydrogen-bond acceptors (Lipinski definition) is 6. The van der Waals surface area contributed by atoms with Crippen molar-refractivity contribution in [1.29, 1.82) is 0 Å². The average Bonchev–Trinajstić information content (AvgIpc) is 2.39. The molecule has 1 aromatic rings. The van der Waals surface area contributed by atoms with Gasteiger partial charge in [-0.2, -0.15) is 0 Å². The van der Waals surface area contributed by atoms with E-state index in [4.69, 9.17) is 24.7 Å². The number of hydrogen-bond donors (Lipinski definition) is 1. The fourth-order valence-electron chi connectivity index (χ4n) is 1.36. The second-order valence-corrected chi connectivity index (χ2v) is 3.90. The molecule has 0 bridgehead atoms. The average molecular weight is 270 g/mol. The molecule has 2 N–H and O–H groups in total. The highest BCUT2D eigenvalue weighted by Crippen LogP contribution is 2.18. The van der Waals surface area contributed by atoms with Crippen molar-refractivity contribution in [3.63, 3.8) is 0 Å². The van der Waals surface area contributed by atoms with E-state index in [0.717, 1.165) is 5.69 Å². The Morgan fingerprint density at radius 3 is 2.26 bits per heavy atom. The minimum absolute atomic E-state index is 0.405. The van der Waals surface area contributed by atoms with Crippen molar-refractivity contribution < 1.29 is 18.9 Å². The van der Waals surface area contributed by atoms with Gasteiger partial charge in [0, 0.05) is 12.8 Å². The van der Waals surface area contributed by atoms with E-state index in [1.807, 2.05) is 19.1 Å². The van der Waals surface area contributed by atoms with Gasteiger partial charge in [0.05, 0.1) is 33.0 Å². The number of rotatable bonds is 10. The Hall–Kier alpha value is -1.37. The summed E-state index contributed by atoms with van der Waals surface area (Å²) in [7, 11) is 1.64. The Morgan fingerprint density at radius 2 is 1.63 bits per heavy atom. The third kappa shape index (κ3) is 6.95. The summed E-state index contributed by atoms with van der Waals surface area (Å²) in [5.74, 6) is 0.994. The molecule has 0 aliphatic heterocycles. The smallest absolute Gasteiger partial charge is 0.166 e. The summed E-state index contributed by atoms with van der Waals surface area (Å²) in [4.78, 5) is 4.11. The highest BCUT2D eigenvalue weighted by molar-refractivity contribution is 5.46. The van der Waals surface area contributed by atoms with Gasteiger partial charge in [0.25, 0.3) is 0 Å². The molecule has 0 fully saturated rings. The molecule has 1 rings (SSSR count). The summed E-state index contributed by atoms with van der Waals surface area (Å²) in [5.41, 5.74) is 6.59. The highest BCUT2D eigenvalue weighted by Gasteiger charge is 2.01. The molecule has 19 heavy (non-hydrogen) atoms. The molecule has 0 saturated carbocycles. The van der Waals surface area contributed by atoms with Crippen LogP contribution in [-0.2, 0) is 14.2 Å². The lowest BCUT2D eigenvalue weighted by Crippen LogP contribution is -2.13. The minimum Gasteiger partial charge on any atom is -0.487 e. The van der Waals surface area contributed by atoms with Crippen LogP contribution in [0.3, 0.4) is 0 Å². The standard InChI is InChI=1S/C13H22N2O4/c1-11-3-4-12(13(14)15-11)19-10-9-18-8-7-17-6-5-16-2/h3-4H,5-10H2,1-2H3,(H2,14,15). The third-order valence-corrected chi connectivity index (χ3v) is 2.31. The highest BCUT2D eigenvalue weighted by atomic mass is 16.6. The number of ether oxygens (including phenoxy) is 4. The summed E-state index contributed by atoms with van der Waals surface area (Å²) in [5, 5.41) is 0. The molecule has 1 aromatic heterocycles. The normalized spacial score (nSPS) is 10.6. The second kappa shape index (κ2) is 9.55. The molecule has 0 saturated heterocycles. The van der Waals surface area contributed by atoms with E-state index in [9.17, 15) is 0 Å². The van der Waals surface area contributed by atoms with Gasteiger partial charge in [0.1, 0.15) is 6.61 Å². The van der Waals surface area contributed by atoms with Crippen LogP contribution in [0, 0.1) is 6.92 Å². The van der Waals surface area contributed by atoms with Gasteiger partial charge in [-0.25, -0.2) is 4.98 Å². The molecular formula is C13H22N2O4. The molecule has 0 aliphatic carbocycles. The van der Waals surface area contributed by atoms with Gasteiger partial charge in [-0.1, -0.05) is 0 Å². The van der Waals surface area contributed by atoms with Gasteiger partial charge in [-0.05, 0) is 19.1 Å². The first-order valence-electron chi connectivity index (χ1n) is 6.24.